The Morgan fingerprint density at radius 3 is 2.28 bits per heavy atom. The third-order valence-corrected chi connectivity index (χ3v) is 5.78. The van der Waals surface area contributed by atoms with Crippen LogP contribution >= 0.6 is 0 Å². The van der Waals surface area contributed by atoms with Crippen molar-refractivity contribution in [1.29, 1.82) is 0 Å². The van der Waals surface area contributed by atoms with Gasteiger partial charge in [0.05, 0.1) is 4.90 Å². The maximum Gasteiger partial charge on any atom is 0.240 e. The second kappa shape index (κ2) is 5.38. The van der Waals surface area contributed by atoms with E-state index < -0.39 is 20.8 Å². The van der Waals surface area contributed by atoms with E-state index >= 15 is 0 Å². The lowest BCUT2D eigenvalue weighted by Crippen LogP contribution is -2.39. The Morgan fingerprint density at radius 2 is 1.72 bits per heavy atom. The van der Waals surface area contributed by atoms with Crippen molar-refractivity contribution < 1.29 is 17.7 Å². The molecule has 1 aliphatic rings. The molecule has 1 aromatic carbocycles. The highest BCUT2D eigenvalue weighted by Crippen LogP contribution is 2.17. The van der Waals surface area contributed by atoms with Gasteiger partial charge >= 0.3 is 0 Å². The van der Waals surface area contributed by atoms with Crippen molar-refractivity contribution in [2.75, 3.05) is 11.5 Å². The summed E-state index contributed by atoms with van der Waals surface area (Å²) in [6.45, 7) is 0. The predicted octanol–water partition coefficient (Wildman–Crippen LogP) is 0.582. The van der Waals surface area contributed by atoms with E-state index in [4.69, 9.17) is 5.11 Å². The molecule has 1 aromatic rings. The number of hydrogen-bond donors (Lipinski definition) is 2. The van der Waals surface area contributed by atoms with Gasteiger partial charge in [0.25, 0.3) is 0 Å². The highest BCUT2D eigenvalue weighted by atomic mass is 32.2. The fraction of sp³-hybridized carbons (Fsp3) is 0.455. The van der Waals surface area contributed by atoms with Crippen LogP contribution in [0.1, 0.15) is 12.8 Å². The summed E-state index contributed by atoms with van der Waals surface area (Å²) in [5.41, 5.74) is 0. The molecule has 100 valence electrons. The molecule has 0 aliphatic carbocycles. The van der Waals surface area contributed by atoms with Crippen molar-refractivity contribution in [1.82, 2.24) is 4.72 Å². The monoisotopic (exact) mass is 289 g/mol. The van der Waals surface area contributed by atoms with Crippen molar-refractivity contribution in [2.24, 2.45) is 0 Å². The third-order valence-electron chi connectivity index (χ3n) is 2.86. The number of rotatable bonds is 3. The Balaban J connectivity index is 2.07. The van der Waals surface area contributed by atoms with E-state index in [0.717, 1.165) is 0 Å². The molecule has 1 saturated heterocycles. The summed E-state index contributed by atoms with van der Waals surface area (Å²) in [5.74, 6) is 1.12. The van der Waals surface area contributed by atoms with Crippen LogP contribution in [0.15, 0.2) is 29.2 Å². The molecule has 5 nitrogen and oxygen atoms in total. The van der Waals surface area contributed by atoms with E-state index in [1.165, 1.54) is 24.3 Å². The molecule has 18 heavy (non-hydrogen) atoms. The summed E-state index contributed by atoms with van der Waals surface area (Å²) < 4.78 is 37.8. The number of hydrogen-bond acceptors (Lipinski definition) is 4. The standard InChI is InChI=1S/C11H15NO4S2/c13-10-1-3-11(4-2-10)18(15,16)12-9-5-7-17(14)8-6-9/h1-4,9,12-13H,5-8H2. The Hall–Kier alpha value is -0.920. The zero-order valence-electron chi connectivity index (χ0n) is 9.70. The van der Waals surface area contributed by atoms with Gasteiger partial charge in [0, 0.05) is 28.3 Å². The summed E-state index contributed by atoms with van der Waals surface area (Å²) in [6.07, 6.45) is 1.20. The molecule has 0 spiro atoms. The largest absolute Gasteiger partial charge is 0.508 e. The average molecular weight is 289 g/mol. The second-order valence-electron chi connectivity index (χ2n) is 4.24. The van der Waals surface area contributed by atoms with Gasteiger partial charge in [-0.1, -0.05) is 0 Å². The number of sulfonamides is 1. The minimum Gasteiger partial charge on any atom is -0.508 e. The molecular formula is C11H15NO4S2. The maximum atomic E-state index is 12.0. The molecule has 0 amide bonds. The van der Waals surface area contributed by atoms with Crippen LogP contribution in [0.5, 0.6) is 5.75 Å². The molecule has 0 aromatic heterocycles. The topological polar surface area (TPSA) is 83.5 Å². The number of nitrogens with one attached hydrogen (secondary N) is 1. The van der Waals surface area contributed by atoms with Crippen LogP contribution in [0.25, 0.3) is 0 Å². The summed E-state index contributed by atoms with van der Waals surface area (Å²) in [4.78, 5) is 0.131. The SMILES string of the molecule is O=S1CCC(NS(=O)(=O)c2ccc(O)cc2)CC1. The minimum absolute atomic E-state index is 0.0296. The van der Waals surface area contributed by atoms with Gasteiger partial charge in [-0.2, -0.15) is 0 Å². The molecule has 0 saturated carbocycles. The third kappa shape index (κ3) is 3.30. The molecule has 2 rings (SSSR count). The Morgan fingerprint density at radius 1 is 1.17 bits per heavy atom. The van der Waals surface area contributed by atoms with E-state index in [9.17, 15) is 12.6 Å². The lowest BCUT2D eigenvalue weighted by Gasteiger charge is -2.22. The lowest BCUT2D eigenvalue weighted by atomic mass is 10.2. The highest BCUT2D eigenvalue weighted by Gasteiger charge is 2.23. The fourth-order valence-corrected chi connectivity index (χ4v) is 4.43. The van der Waals surface area contributed by atoms with Gasteiger partial charge in [-0.3, -0.25) is 4.21 Å². The first-order valence-electron chi connectivity index (χ1n) is 5.64. The van der Waals surface area contributed by atoms with Crippen molar-refractivity contribution >= 4 is 20.8 Å². The normalized spacial score (nSPS) is 24.9. The highest BCUT2D eigenvalue weighted by molar-refractivity contribution is 7.89. The van der Waals surface area contributed by atoms with Crippen molar-refractivity contribution in [2.45, 2.75) is 23.8 Å². The summed E-state index contributed by atoms with van der Waals surface area (Å²) >= 11 is 0. The van der Waals surface area contributed by atoms with E-state index in [0.29, 0.717) is 24.3 Å². The number of benzene rings is 1. The maximum absolute atomic E-state index is 12.0. The average Bonchev–Trinajstić information content (AvgIpc) is 2.32. The molecule has 1 aliphatic heterocycles. The number of phenols is 1. The van der Waals surface area contributed by atoms with Crippen LogP contribution in [-0.4, -0.2) is 35.3 Å². The summed E-state index contributed by atoms with van der Waals surface area (Å²) in [7, 11) is -4.36. The van der Waals surface area contributed by atoms with Gasteiger partial charge < -0.3 is 5.11 Å². The summed E-state index contributed by atoms with van der Waals surface area (Å²) in [5, 5.41) is 9.12. The fourth-order valence-electron chi connectivity index (χ4n) is 1.82. The van der Waals surface area contributed by atoms with Crippen LogP contribution in [0, 0.1) is 0 Å². The van der Waals surface area contributed by atoms with Crippen LogP contribution in [0.3, 0.4) is 0 Å². The number of phenolic OH excluding ortho intramolecular Hbond substituents is 1. The summed E-state index contributed by atoms with van der Waals surface area (Å²) in [6, 6.07) is 5.24. The smallest absolute Gasteiger partial charge is 0.240 e. The molecular weight excluding hydrogens is 274 g/mol. The van der Waals surface area contributed by atoms with Gasteiger partial charge in [-0.25, -0.2) is 13.1 Å². The van der Waals surface area contributed by atoms with E-state index in [1.54, 1.807) is 0 Å². The Labute approximate surface area is 109 Å². The molecule has 2 N–H and O–H groups in total. The van der Waals surface area contributed by atoms with Crippen LogP contribution < -0.4 is 4.72 Å². The lowest BCUT2D eigenvalue weighted by molar-refractivity contribution is 0.474. The van der Waals surface area contributed by atoms with Gasteiger partial charge in [-0.05, 0) is 37.1 Å². The Kier molecular flexibility index (Phi) is 4.04. The Bertz CT molecular complexity index is 529. The zero-order chi connectivity index (χ0) is 13.2. The quantitative estimate of drug-likeness (QED) is 0.852. The van der Waals surface area contributed by atoms with Crippen LogP contribution in [0.4, 0.5) is 0 Å². The van der Waals surface area contributed by atoms with Gasteiger partial charge in [-0.15, -0.1) is 0 Å². The van der Waals surface area contributed by atoms with Gasteiger partial charge in [0.2, 0.25) is 10.0 Å². The molecule has 1 heterocycles. The van der Waals surface area contributed by atoms with Crippen molar-refractivity contribution in [3.05, 3.63) is 24.3 Å². The van der Waals surface area contributed by atoms with Crippen molar-refractivity contribution in [3.63, 3.8) is 0 Å². The molecule has 1 fully saturated rings. The van der Waals surface area contributed by atoms with E-state index in [2.05, 4.69) is 4.72 Å². The molecule has 0 bridgehead atoms. The first-order chi connectivity index (χ1) is 8.47. The van der Waals surface area contributed by atoms with Crippen molar-refractivity contribution in [3.8, 4) is 5.75 Å². The van der Waals surface area contributed by atoms with Gasteiger partial charge in [0.1, 0.15) is 5.75 Å². The molecule has 0 radical (unpaired) electrons. The van der Waals surface area contributed by atoms with E-state index in [-0.39, 0.29) is 16.7 Å². The van der Waals surface area contributed by atoms with E-state index in [1.807, 2.05) is 0 Å². The number of aromatic hydroxyl groups is 1. The van der Waals surface area contributed by atoms with Crippen LogP contribution in [0.2, 0.25) is 0 Å². The minimum atomic E-state index is -3.55. The molecule has 7 heteroatoms. The first-order valence-corrected chi connectivity index (χ1v) is 8.61. The second-order valence-corrected chi connectivity index (χ2v) is 7.65. The predicted molar refractivity (Wildman–Crippen MR) is 69.3 cm³/mol. The van der Waals surface area contributed by atoms with Gasteiger partial charge in [0.15, 0.2) is 0 Å². The molecule has 0 atom stereocenters. The zero-order valence-corrected chi connectivity index (χ0v) is 11.3. The van der Waals surface area contributed by atoms with Crippen LogP contribution in [-0.2, 0) is 20.8 Å². The molecule has 0 unspecified atom stereocenters. The first kappa shape index (κ1) is 13.5.